The van der Waals surface area contributed by atoms with Crippen LogP contribution in [0.15, 0.2) is 0 Å². The number of aliphatic hydroxyl groups excluding tert-OH is 1. The van der Waals surface area contributed by atoms with Gasteiger partial charge in [-0.2, -0.15) is 0 Å². The smallest absolute Gasteiger partial charge is 0.442 e. The summed E-state index contributed by atoms with van der Waals surface area (Å²) in [7, 11) is 0. The third-order valence-corrected chi connectivity index (χ3v) is 2.02. The molecule has 7 heteroatoms. The van der Waals surface area contributed by atoms with E-state index in [1.54, 1.807) is 34.6 Å². The van der Waals surface area contributed by atoms with Gasteiger partial charge in [-0.25, -0.2) is 9.59 Å². The molecule has 2 amide bonds. The zero-order valence-electron chi connectivity index (χ0n) is 11.5. The van der Waals surface area contributed by atoms with Gasteiger partial charge in [0.1, 0.15) is 5.60 Å². The molecule has 0 saturated heterocycles. The van der Waals surface area contributed by atoms with Crippen LogP contribution in [-0.4, -0.2) is 40.6 Å². The molecule has 106 valence electrons. The minimum Gasteiger partial charge on any atom is -0.442 e. The Kier molecular flexibility index (Phi) is 5.90. The van der Waals surface area contributed by atoms with Crippen molar-refractivity contribution < 1.29 is 24.3 Å². The quantitative estimate of drug-likeness (QED) is 0.745. The Morgan fingerprint density at radius 3 is 2.11 bits per heavy atom. The van der Waals surface area contributed by atoms with Crippen molar-refractivity contribution in [2.24, 2.45) is 11.7 Å². The van der Waals surface area contributed by atoms with E-state index in [0.29, 0.717) is 5.06 Å². The first-order valence-electron chi connectivity index (χ1n) is 5.69. The average molecular weight is 262 g/mol. The van der Waals surface area contributed by atoms with Crippen LogP contribution in [0.1, 0.15) is 34.6 Å². The number of amides is 2. The number of carbonyl (C=O) groups excluding carboxylic acids is 2. The number of aliphatic hydroxyl groups is 1. The maximum atomic E-state index is 11.9. The van der Waals surface area contributed by atoms with Crippen molar-refractivity contribution in [3.63, 3.8) is 0 Å². The van der Waals surface area contributed by atoms with Gasteiger partial charge in [-0.3, -0.25) is 0 Å². The van der Waals surface area contributed by atoms with Crippen LogP contribution in [0.4, 0.5) is 9.59 Å². The normalized spacial score (nSPS) is 13.1. The molecule has 0 saturated carbocycles. The summed E-state index contributed by atoms with van der Waals surface area (Å²) >= 11 is 0. The number of nitrogens with two attached hydrogens (primary N) is 1. The molecule has 0 aromatic rings. The standard InChI is InChI=1S/C11H22N2O5/c1-7(2)8(6-14)13(18-9(12)15)10(16)17-11(3,4)5/h7-8,14H,6H2,1-5H3,(H2,12,15)/t8-/m1/s1. The molecule has 18 heavy (non-hydrogen) atoms. The van der Waals surface area contributed by atoms with Crippen LogP contribution in [0.25, 0.3) is 0 Å². The Bertz CT molecular complexity index is 298. The third kappa shape index (κ3) is 5.72. The van der Waals surface area contributed by atoms with Crippen molar-refractivity contribution in [3.8, 4) is 0 Å². The van der Waals surface area contributed by atoms with E-state index >= 15 is 0 Å². The highest BCUT2D eigenvalue weighted by molar-refractivity contribution is 5.71. The van der Waals surface area contributed by atoms with Crippen LogP contribution < -0.4 is 5.73 Å². The van der Waals surface area contributed by atoms with Gasteiger partial charge in [-0.15, -0.1) is 5.06 Å². The highest BCUT2D eigenvalue weighted by atomic mass is 16.8. The van der Waals surface area contributed by atoms with Crippen LogP contribution in [0.5, 0.6) is 0 Å². The molecule has 0 aliphatic rings. The number of ether oxygens (including phenoxy) is 1. The van der Waals surface area contributed by atoms with Crippen molar-refractivity contribution in [3.05, 3.63) is 0 Å². The first kappa shape index (κ1) is 16.5. The molecule has 0 aromatic carbocycles. The van der Waals surface area contributed by atoms with E-state index < -0.39 is 23.8 Å². The van der Waals surface area contributed by atoms with Gasteiger partial charge in [0.05, 0.1) is 12.6 Å². The number of hydrogen-bond acceptors (Lipinski definition) is 5. The van der Waals surface area contributed by atoms with Crippen molar-refractivity contribution in [1.82, 2.24) is 5.06 Å². The van der Waals surface area contributed by atoms with E-state index in [0.717, 1.165) is 0 Å². The molecule has 0 aliphatic heterocycles. The lowest BCUT2D eigenvalue weighted by Crippen LogP contribution is -2.49. The summed E-state index contributed by atoms with van der Waals surface area (Å²) in [4.78, 5) is 27.3. The number of primary amides is 1. The van der Waals surface area contributed by atoms with E-state index in [1.807, 2.05) is 0 Å². The molecule has 0 radical (unpaired) electrons. The zero-order valence-corrected chi connectivity index (χ0v) is 11.5. The van der Waals surface area contributed by atoms with Crippen LogP contribution >= 0.6 is 0 Å². The maximum absolute atomic E-state index is 11.9. The molecule has 3 N–H and O–H groups in total. The summed E-state index contributed by atoms with van der Waals surface area (Å²) in [6.45, 7) is 8.19. The first-order valence-corrected chi connectivity index (χ1v) is 5.69. The Morgan fingerprint density at radius 2 is 1.83 bits per heavy atom. The Hall–Kier alpha value is -1.50. The predicted octanol–water partition coefficient (Wildman–Crippen LogP) is 1.25. The van der Waals surface area contributed by atoms with Gasteiger partial charge in [0.15, 0.2) is 0 Å². The second-order valence-electron chi connectivity index (χ2n) is 5.21. The Morgan fingerprint density at radius 1 is 1.33 bits per heavy atom. The molecule has 0 unspecified atom stereocenters. The second-order valence-corrected chi connectivity index (χ2v) is 5.21. The summed E-state index contributed by atoms with van der Waals surface area (Å²) in [5.41, 5.74) is 4.15. The molecule has 0 fully saturated rings. The zero-order chi connectivity index (χ0) is 14.5. The van der Waals surface area contributed by atoms with Gasteiger partial charge in [0.2, 0.25) is 0 Å². The van der Waals surface area contributed by atoms with Gasteiger partial charge in [0.25, 0.3) is 0 Å². The van der Waals surface area contributed by atoms with Gasteiger partial charge >= 0.3 is 12.2 Å². The molecule has 0 spiro atoms. The molecular formula is C11H22N2O5. The van der Waals surface area contributed by atoms with E-state index in [9.17, 15) is 14.7 Å². The SMILES string of the molecule is CC(C)[C@@H](CO)N(OC(N)=O)C(=O)OC(C)(C)C. The second kappa shape index (κ2) is 6.44. The fourth-order valence-electron chi connectivity index (χ4n) is 1.20. The lowest BCUT2D eigenvalue weighted by atomic mass is 10.1. The summed E-state index contributed by atoms with van der Waals surface area (Å²) in [6.07, 6.45) is -2.01. The average Bonchev–Trinajstić information content (AvgIpc) is 2.13. The topological polar surface area (TPSA) is 102 Å². The molecular weight excluding hydrogens is 240 g/mol. The van der Waals surface area contributed by atoms with Crippen LogP contribution in [-0.2, 0) is 9.57 Å². The molecule has 1 atom stereocenters. The fraction of sp³-hybridized carbons (Fsp3) is 0.818. The summed E-state index contributed by atoms with van der Waals surface area (Å²) in [6, 6.07) is -0.715. The number of rotatable bonds is 3. The Labute approximate surface area is 107 Å². The highest BCUT2D eigenvalue weighted by Crippen LogP contribution is 2.16. The first-order chi connectivity index (χ1) is 8.08. The minimum absolute atomic E-state index is 0.137. The maximum Gasteiger partial charge on any atom is 0.444 e. The van der Waals surface area contributed by atoms with E-state index in [1.165, 1.54) is 0 Å². The monoisotopic (exact) mass is 262 g/mol. The summed E-state index contributed by atoms with van der Waals surface area (Å²) < 4.78 is 5.08. The van der Waals surface area contributed by atoms with Gasteiger partial charge in [0, 0.05) is 0 Å². The predicted molar refractivity (Wildman–Crippen MR) is 64.5 cm³/mol. The molecule has 0 heterocycles. The van der Waals surface area contributed by atoms with Crippen LogP contribution in [0.2, 0.25) is 0 Å². The molecule has 0 aliphatic carbocycles. The van der Waals surface area contributed by atoms with Gasteiger partial charge in [-0.1, -0.05) is 13.8 Å². The molecule has 7 nitrogen and oxygen atoms in total. The van der Waals surface area contributed by atoms with Crippen molar-refractivity contribution in [2.75, 3.05) is 6.61 Å². The van der Waals surface area contributed by atoms with Gasteiger partial charge < -0.3 is 20.4 Å². The largest absolute Gasteiger partial charge is 0.444 e. The number of hydroxylamine groups is 2. The fourth-order valence-corrected chi connectivity index (χ4v) is 1.20. The Balaban J connectivity index is 4.97. The summed E-state index contributed by atoms with van der Waals surface area (Å²) in [5, 5.41) is 9.92. The third-order valence-electron chi connectivity index (χ3n) is 2.02. The van der Waals surface area contributed by atoms with E-state index in [4.69, 9.17) is 10.5 Å². The van der Waals surface area contributed by atoms with Gasteiger partial charge in [-0.05, 0) is 26.7 Å². The lowest BCUT2D eigenvalue weighted by Gasteiger charge is -2.32. The van der Waals surface area contributed by atoms with Crippen LogP contribution in [0, 0.1) is 5.92 Å². The molecule has 0 bridgehead atoms. The molecule has 0 rings (SSSR count). The lowest BCUT2D eigenvalue weighted by molar-refractivity contribution is -0.139. The highest BCUT2D eigenvalue weighted by Gasteiger charge is 2.33. The van der Waals surface area contributed by atoms with Crippen molar-refractivity contribution in [2.45, 2.75) is 46.3 Å². The minimum atomic E-state index is -1.14. The number of hydrogen-bond donors (Lipinski definition) is 2. The van der Waals surface area contributed by atoms with E-state index in [-0.39, 0.29) is 12.5 Å². The number of carbonyl (C=O) groups is 2. The molecule has 0 aromatic heterocycles. The van der Waals surface area contributed by atoms with Crippen molar-refractivity contribution >= 4 is 12.2 Å². The number of nitrogens with zero attached hydrogens (tertiary/aromatic N) is 1. The van der Waals surface area contributed by atoms with Crippen molar-refractivity contribution in [1.29, 1.82) is 0 Å². The van der Waals surface area contributed by atoms with Crippen LogP contribution in [0.3, 0.4) is 0 Å². The van der Waals surface area contributed by atoms with E-state index in [2.05, 4.69) is 4.84 Å². The summed E-state index contributed by atoms with van der Waals surface area (Å²) in [5.74, 6) is -0.137.